The monoisotopic (exact) mass is 362 g/mol. The summed E-state index contributed by atoms with van der Waals surface area (Å²) in [5, 5.41) is 9.68. The van der Waals surface area contributed by atoms with Crippen LogP contribution in [0.3, 0.4) is 0 Å². The largest absolute Gasteiger partial charge is 0.351 e. The number of fused-ring (bicyclic) bond motifs is 1. The van der Waals surface area contributed by atoms with Crippen LogP contribution >= 0.6 is 12.1 Å². The van der Waals surface area contributed by atoms with Gasteiger partial charge in [-0.1, -0.05) is 32.1 Å². The van der Waals surface area contributed by atoms with Crippen LogP contribution in [0.25, 0.3) is 11.0 Å². The highest BCUT2D eigenvalue weighted by atomic mass is 32.2. The Hall–Kier alpha value is -1.64. The summed E-state index contributed by atoms with van der Waals surface area (Å²) in [6.45, 7) is 1.90. The topological polar surface area (TPSA) is 99.9 Å². The van der Waals surface area contributed by atoms with E-state index >= 15 is 0 Å². The normalized spacial score (nSPS) is 18.8. The van der Waals surface area contributed by atoms with Crippen LogP contribution in [0.15, 0.2) is 23.1 Å². The molecule has 0 bridgehead atoms. The average molecular weight is 363 g/mol. The molecule has 8 heteroatoms. The van der Waals surface area contributed by atoms with Crippen molar-refractivity contribution in [2.75, 3.05) is 18.4 Å². The van der Waals surface area contributed by atoms with E-state index in [-0.39, 0.29) is 5.56 Å². The fourth-order valence-electron chi connectivity index (χ4n) is 3.18. The SMILES string of the molecule is C1CCCC1.NSN1CCC(Nc2ncc3ccc(=O)[nH]c3n2)CC1. The summed E-state index contributed by atoms with van der Waals surface area (Å²) in [6, 6.07) is 3.53. The maximum absolute atomic E-state index is 11.3. The van der Waals surface area contributed by atoms with Crippen LogP contribution < -0.4 is 16.0 Å². The van der Waals surface area contributed by atoms with Gasteiger partial charge in [0.25, 0.3) is 0 Å². The van der Waals surface area contributed by atoms with Gasteiger partial charge in [-0.15, -0.1) is 0 Å². The predicted molar refractivity (Wildman–Crippen MR) is 103 cm³/mol. The van der Waals surface area contributed by atoms with E-state index in [4.69, 9.17) is 5.14 Å². The molecule has 2 aromatic heterocycles. The summed E-state index contributed by atoms with van der Waals surface area (Å²) in [4.78, 5) is 22.6. The number of rotatable bonds is 3. The molecule has 136 valence electrons. The van der Waals surface area contributed by atoms with Gasteiger partial charge in [0, 0.05) is 48.9 Å². The lowest BCUT2D eigenvalue weighted by molar-refractivity contribution is 0.358. The fraction of sp³-hybridized carbons (Fsp3) is 0.588. The Morgan fingerprint density at radius 2 is 1.84 bits per heavy atom. The fourth-order valence-corrected chi connectivity index (χ4v) is 3.60. The Morgan fingerprint density at radius 3 is 2.48 bits per heavy atom. The standard InChI is InChI=1S/C12H16N6OS.C5H10/c13-20-18-5-3-9(4-6-18)15-12-14-7-8-1-2-10(19)16-11(8)17-12;1-2-4-5-3-1/h1-2,7,9H,3-6,13H2,(H2,14,15,16,17,19);1-5H2. The summed E-state index contributed by atoms with van der Waals surface area (Å²) in [5.41, 5.74) is 0.403. The average Bonchev–Trinajstić information content (AvgIpc) is 3.22. The molecule has 0 aromatic carbocycles. The van der Waals surface area contributed by atoms with Gasteiger partial charge in [0.2, 0.25) is 11.5 Å². The number of hydrogen-bond acceptors (Lipinski definition) is 7. The minimum absolute atomic E-state index is 0.157. The maximum Gasteiger partial charge on any atom is 0.249 e. The van der Waals surface area contributed by atoms with E-state index < -0.39 is 0 Å². The van der Waals surface area contributed by atoms with Gasteiger partial charge in [-0.2, -0.15) is 4.98 Å². The van der Waals surface area contributed by atoms with Crippen molar-refractivity contribution in [3.63, 3.8) is 0 Å². The van der Waals surface area contributed by atoms with Gasteiger partial charge in [0.1, 0.15) is 5.65 Å². The molecule has 2 aliphatic rings. The van der Waals surface area contributed by atoms with Gasteiger partial charge in [-0.05, 0) is 18.9 Å². The van der Waals surface area contributed by atoms with E-state index in [1.807, 2.05) is 0 Å². The zero-order valence-corrected chi connectivity index (χ0v) is 15.2. The number of nitrogens with two attached hydrogens (primary N) is 1. The molecule has 0 spiro atoms. The number of nitrogens with zero attached hydrogens (tertiary/aromatic N) is 3. The summed E-state index contributed by atoms with van der Waals surface area (Å²) in [5.74, 6) is 0.554. The molecule has 0 atom stereocenters. The number of H-pyrrole nitrogens is 1. The Kier molecular flexibility index (Phi) is 6.66. The smallest absolute Gasteiger partial charge is 0.249 e. The van der Waals surface area contributed by atoms with Crippen LogP contribution in [0, 0.1) is 0 Å². The molecule has 1 aliphatic carbocycles. The highest BCUT2D eigenvalue weighted by molar-refractivity contribution is 7.94. The summed E-state index contributed by atoms with van der Waals surface area (Å²) in [6.07, 6.45) is 11.2. The zero-order chi connectivity index (χ0) is 17.5. The lowest BCUT2D eigenvalue weighted by atomic mass is 10.1. The van der Waals surface area contributed by atoms with Crippen molar-refractivity contribution in [2.24, 2.45) is 5.14 Å². The predicted octanol–water partition coefficient (Wildman–Crippen LogP) is 2.67. The second kappa shape index (κ2) is 9.17. The van der Waals surface area contributed by atoms with Crippen molar-refractivity contribution >= 4 is 29.1 Å². The Morgan fingerprint density at radius 1 is 1.16 bits per heavy atom. The molecular weight excluding hydrogens is 336 g/mol. The first-order valence-corrected chi connectivity index (χ1v) is 9.82. The lowest BCUT2D eigenvalue weighted by Crippen LogP contribution is -2.36. The molecule has 0 radical (unpaired) electrons. The van der Waals surface area contributed by atoms with Gasteiger partial charge >= 0.3 is 0 Å². The van der Waals surface area contributed by atoms with Crippen molar-refractivity contribution < 1.29 is 0 Å². The van der Waals surface area contributed by atoms with Crippen molar-refractivity contribution in [3.8, 4) is 0 Å². The third-order valence-electron chi connectivity index (χ3n) is 4.66. The number of nitrogens with one attached hydrogen (secondary N) is 2. The first-order valence-electron chi connectivity index (χ1n) is 8.99. The second-order valence-electron chi connectivity index (χ2n) is 6.54. The van der Waals surface area contributed by atoms with Crippen LogP contribution in [0.4, 0.5) is 5.95 Å². The number of hydrogen-bond donors (Lipinski definition) is 3. The molecule has 2 fully saturated rings. The minimum atomic E-state index is -0.157. The number of piperidine rings is 1. The molecule has 7 nitrogen and oxygen atoms in total. The van der Waals surface area contributed by atoms with Crippen LogP contribution in [0.1, 0.15) is 44.9 Å². The first-order chi connectivity index (χ1) is 12.2. The van der Waals surface area contributed by atoms with Gasteiger partial charge in [-0.3, -0.25) is 9.93 Å². The van der Waals surface area contributed by atoms with Crippen LogP contribution in [0.2, 0.25) is 0 Å². The highest BCUT2D eigenvalue weighted by Gasteiger charge is 2.19. The van der Waals surface area contributed by atoms with Crippen molar-refractivity contribution in [1.82, 2.24) is 19.3 Å². The Bertz CT molecular complexity index is 717. The minimum Gasteiger partial charge on any atom is -0.351 e. The molecule has 25 heavy (non-hydrogen) atoms. The molecule has 4 rings (SSSR count). The van der Waals surface area contributed by atoms with E-state index in [0.29, 0.717) is 17.6 Å². The lowest BCUT2D eigenvalue weighted by Gasteiger charge is -2.29. The molecule has 2 aromatic rings. The molecule has 1 saturated carbocycles. The molecule has 0 amide bonds. The third kappa shape index (κ3) is 5.42. The summed E-state index contributed by atoms with van der Waals surface area (Å²) >= 11 is 1.29. The number of aromatic nitrogens is 3. The van der Waals surface area contributed by atoms with Crippen molar-refractivity contribution in [3.05, 3.63) is 28.7 Å². The third-order valence-corrected chi connectivity index (χ3v) is 5.32. The van der Waals surface area contributed by atoms with E-state index in [1.54, 1.807) is 12.3 Å². The molecule has 1 aliphatic heterocycles. The van der Waals surface area contributed by atoms with Crippen LogP contribution in [0.5, 0.6) is 0 Å². The maximum atomic E-state index is 11.3. The molecule has 4 N–H and O–H groups in total. The second-order valence-corrected chi connectivity index (χ2v) is 7.27. The van der Waals surface area contributed by atoms with Gasteiger partial charge in [-0.25, -0.2) is 9.29 Å². The molecule has 0 unspecified atom stereocenters. The van der Waals surface area contributed by atoms with Gasteiger partial charge in [0.05, 0.1) is 0 Å². The number of anilines is 1. The highest BCUT2D eigenvalue weighted by Crippen LogP contribution is 2.18. The van der Waals surface area contributed by atoms with Crippen LogP contribution in [-0.2, 0) is 0 Å². The quantitative estimate of drug-likeness (QED) is 0.722. The van der Waals surface area contributed by atoms with E-state index in [9.17, 15) is 4.79 Å². The number of aromatic amines is 1. The molecule has 3 heterocycles. The van der Waals surface area contributed by atoms with Crippen molar-refractivity contribution in [2.45, 2.75) is 51.0 Å². The summed E-state index contributed by atoms with van der Waals surface area (Å²) in [7, 11) is 0. The van der Waals surface area contributed by atoms with E-state index in [0.717, 1.165) is 31.3 Å². The van der Waals surface area contributed by atoms with Gasteiger partial charge < -0.3 is 10.3 Å². The Balaban J connectivity index is 0.000000314. The zero-order valence-electron chi connectivity index (χ0n) is 14.4. The van der Waals surface area contributed by atoms with Gasteiger partial charge in [0.15, 0.2) is 0 Å². The number of pyridine rings is 1. The first kappa shape index (κ1) is 18.2. The van der Waals surface area contributed by atoms with E-state index in [1.165, 1.54) is 50.3 Å². The molecule has 1 saturated heterocycles. The molecular formula is C17H26N6OS. The van der Waals surface area contributed by atoms with Crippen molar-refractivity contribution in [1.29, 1.82) is 0 Å². The van der Waals surface area contributed by atoms with E-state index in [2.05, 4.69) is 24.6 Å². The summed E-state index contributed by atoms with van der Waals surface area (Å²) < 4.78 is 2.14. The Labute approximate surface area is 152 Å². The van der Waals surface area contributed by atoms with Crippen LogP contribution in [-0.4, -0.2) is 38.4 Å².